The molecule has 8 heteroatoms. The van der Waals surface area contributed by atoms with E-state index in [4.69, 9.17) is 4.74 Å². The summed E-state index contributed by atoms with van der Waals surface area (Å²) in [6.07, 6.45) is 1.31. The molecule has 1 unspecified atom stereocenters. The summed E-state index contributed by atoms with van der Waals surface area (Å²) >= 11 is 0. The first-order chi connectivity index (χ1) is 9.41. The molecule has 0 aliphatic carbocycles. The predicted octanol–water partition coefficient (Wildman–Crippen LogP) is 1.59. The Morgan fingerprint density at radius 2 is 2.20 bits per heavy atom. The molecule has 0 radical (unpaired) electrons. The monoisotopic (exact) mass is 300 g/mol. The highest BCUT2D eigenvalue weighted by Crippen LogP contribution is 2.30. The van der Waals surface area contributed by atoms with Crippen molar-refractivity contribution in [3.8, 4) is 5.75 Å². The SMILES string of the molecule is COc1ccc([N+](=O)[O-])cc1NC1CCCS(=O)(=O)C1. The van der Waals surface area contributed by atoms with Crippen molar-refractivity contribution in [3.63, 3.8) is 0 Å². The van der Waals surface area contributed by atoms with Gasteiger partial charge in [0.1, 0.15) is 5.75 Å². The Hall–Kier alpha value is -1.83. The fourth-order valence-electron chi connectivity index (χ4n) is 2.28. The number of nitro benzene ring substituents is 1. The van der Waals surface area contributed by atoms with Crippen LogP contribution in [0.25, 0.3) is 0 Å². The molecule has 1 aliphatic rings. The number of methoxy groups -OCH3 is 1. The van der Waals surface area contributed by atoms with Gasteiger partial charge in [0.05, 0.1) is 29.2 Å². The van der Waals surface area contributed by atoms with E-state index in [0.29, 0.717) is 24.3 Å². The summed E-state index contributed by atoms with van der Waals surface area (Å²) in [5, 5.41) is 13.8. The molecule has 0 spiro atoms. The number of non-ortho nitro benzene ring substituents is 1. The largest absolute Gasteiger partial charge is 0.495 e. The Morgan fingerprint density at radius 1 is 1.45 bits per heavy atom. The van der Waals surface area contributed by atoms with Gasteiger partial charge in [-0.3, -0.25) is 10.1 Å². The number of hydrogen-bond acceptors (Lipinski definition) is 6. The maximum absolute atomic E-state index is 11.6. The summed E-state index contributed by atoms with van der Waals surface area (Å²) in [5.74, 6) is 0.703. The highest BCUT2D eigenvalue weighted by atomic mass is 32.2. The minimum absolute atomic E-state index is 0.0405. The van der Waals surface area contributed by atoms with Gasteiger partial charge in [0, 0.05) is 18.2 Å². The van der Waals surface area contributed by atoms with E-state index in [1.807, 2.05) is 0 Å². The van der Waals surface area contributed by atoms with Gasteiger partial charge in [-0.1, -0.05) is 0 Å². The lowest BCUT2D eigenvalue weighted by atomic mass is 10.1. The molecule has 1 N–H and O–H groups in total. The van der Waals surface area contributed by atoms with Crippen LogP contribution in [0.5, 0.6) is 5.75 Å². The van der Waals surface area contributed by atoms with E-state index in [2.05, 4.69) is 5.32 Å². The normalized spacial score (nSPS) is 21.1. The molecule has 7 nitrogen and oxygen atoms in total. The van der Waals surface area contributed by atoms with Gasteiger partial charge in [0.25, 0.3) is 5.69 Å². The third kappa shape index (κ3) is 3.38. The van der Waals surface area contributed by atoms with Crippen LogP contribution in [0.4, 0.5) is 11.4 Å². The summed E-state index contributed by atoms with van der Waals surface area (Å²) in [6.45, 7) is 0. The molecular formula is C12H16N2O5S. The molecule has 1 aromatic rings. The number of nitro groups is 1. The van der Waals surface area contributed by atoms with E-state index < -0.39 is 14.8 Å². The van der Waals surface area contributed by atoms with E-state index in [1.54, 1.807) is 0 Å². The molecule has 0 aromatic heterocycles. The number of rotatable bonds is 4. The third-order valence-electron chi connectivity index (χ3n) is 3.22. The van der Waals surface area contributed by atoms with E-state index >= 15 is 0 Å². The molecule has 1 atom stereocenters. The molecule has 0 amide bonds. The zero-order valence-corrected chi connectivity index (χ0v) is 11.9. The Bertz CT molecular complexity index is 614. The zero-order chi connectivity index (χ0) is 14.8. The van der Waals surface area contributed by atoms with Gasteiger partial charge in [0.2, 0.25) is 0 Å². The number of nitrogens with zero attached hydrogens (tertiary/aromatic N) is 1. The number of benzene rings is 1. The number of ether oxygens (including phenoxy) is 1. The van der Waals surface area contributed by atoms with Crippen LogP contribution in [-0.4, -0.2) is 38.0 Å². The lowest BCUT2D eigenvalue weighted by molar-refractivity contribution is -0.384. The number of nitrogens with one attached hydrogen (secondary N) is 1. The molecule has 1 heterocycles. The van der Waals surface area contributed by atoms with Crippen molar-refractivity contribution in [2.24, 2.45) is 0 Å². The molecule has 1 saturated heterocycles. The minimum Gasteiger partial charge on any atom is -0.495 e. The van der Waals surface area contributed by atoms with Crippen molar-refractivity contribution in [1.29, 1.82) is 0 Å². The maximum atomic E-state index is 11.6. The lowest BCUT2D eigenvalue weighted by Gasteiger charge is -2.24. The Morgan fingerprint density at radius 3 is 2.80 bits per heavy atom. The van der Waals surface area contributed by atoms with E-state index in [1.165, 1.54) is 25.3 Å². The summed E-state index contributed by atoms with van der Waals surface area (Å²) < 4.78 is 28.3. The van der Waals surface area contributed by atoms with Gasteiger partial charge in [-0.15, -0.1) is 0 Å². The minimum atomic E-state index is -3.04. The van der Waals surface area contributed by atoms with Crippen LogP contribution in [0.1, 0.15) is 12.8 Å². The second-order valence-corrected chi connectivity index (χ2v) is 6.97. The molecule has 20 heavy (non-hydrogen) atoms. The zero-order valence-electron chi connectivity index (χ0n) is 11.0. The Balaban J connectivity index is 2.23. The van der Waals surface area contributed by atoms with E-state index in [-0.39, 0.29) is 23.2 Å². The van der Waals surface area contributed by atoms with Crippen LogP contribution in [0.15, 0.2) is 18.2 Å². The van der Waals surface area contributed by atoms with Crippen LogP contribution >= 0.6 is 0 Å². The van der Waals surface area contributed by atoms with Crippen LogP contribution < -0.4 is 10.1 Å². The molecule has 0 bridgehead atoms. The van der Waals surface area contributed by atoms with E-state index in [0.717, 1.165) is 0 Å². The van der Waals surface area contributed by atoms with Crippen molar-refractivity contribution in [2.45, 2.75) is 18.9 Å². The maximum Gasteiger partial charge on any atom is 0.271 e. The average molecular weight is 300 g/mol. The number of sulfone groups is 1. The summed E-state index contributed by atoms with van der Waals surface area (Å²) in [6, 6.07) is 3.96. The van der Waals surface area contributed by atoms with Crippen LogP contribution in [-0.2, 0) is 9.84 Å². The third-order valence-corrected chi connectivity index (χ3v) is 5.04. The van der Waals surface area contributed by atoms with Crippen LogP contribution in [0.3, 0.4) is 0 Å². The first kappa shape index (κ1) is 14.6. The Labute approximate surface area is 117 Å². The fraction of sp³-hybridized carbons (Fsp3) is 0.500. The van der Waals surface area contributed by atoms with Gasteiger partial charge < -0.3 is 10.1 Å². The summed E-state index contributed by atoms with van der Waals surface area (Å²) in [5.41, 5.74) is 0.385. The second-order valence-electron chi connectivity index (χ2n) is 4.74. The second kappa shape index (κ2) is 5.66. The van der Waals surface area contributed by atoms with E-state index in [9.17, 15) is 18.5 Å². The Kier molecular flexibility index (Phi) is 4.12. The topological polar surface area (TPSA) is 98.5 Å². The first-order valence-corrected chi connectivity index (χ1v) is 8.03. The molecule has 1 aliphatic heterocycles. The highest BCUT2D eigenvalue weighted by molar-refractivity contribution is 7.91. The summed E-state index contributed by atoms with van der Waals surface area (Å²) in [4.78, 5) is 10.3. The van der Waals surface area contributed by atoms with Crippen molar-refractivity contribution in [2.75, 3.05) is 23.9 Å². The van der Waals surface area contributed by atoms with Crippen LogP contribution in [0, 0.1) is 10.1 Å². The number of hydrogen-bond donors (Lipinski definition) is 1. The van der Waals surface area contributed by atoms with Crippen molar-refractivity contribution in [1.82, 2.24) is 0 Å². The van der Waals surface area contributed by atoms with Crippen LogP contribution in [0.2, 0.25) is 0 Å². The fourth-order valence-corrected chi connectivity index (χ4v) is 3.92. The van der Waals surface area contributed by atoms with Gasteiger partial charge in [0.15, 0.2) is 9.84 Å². The van der Waals surface area contributed by atoms with Gasteiger partial charge >= 0.3 is 0 Å². The average Bonchev–Trinajstić information content (AvgIpc) is 2.37. The molecule has 1 fully saturated rings. The van der Waals surface area contributed by atoms with Gasteiger partial charge in [-0.2, -0.15) is 0 Å². The smallest absolute Gasteiger partial charge is 0.271 e. The number of anilines is 1. The predicted molar refractivity (Wildman–Crippen MR) is 74.9 cm³/mol. The van der Waals surface area contributed by atoms with Crippen molar-refractivity contribution >= 4 is 21.2 Å². The standard InChI is InChI=1S/C12H16N2O5S/c1-19-12-5-4-10(14(15)16)7-11(12)13-9-3-2-6-20(17,18)8-9/h4-5,7,9,13H,2-3,6,8H2,1H3. The lowest BCUT2D eigenvalue weighted by Crippen LogP contribution is -2.34. The van der Waals surface area contributed by atoms with Gasteiger partial charge in [-0.05, 0) is 18.9 Å². The van der Waals surface area contributed by atoms with Gasteiger partial charge in [-0.25, -0.2) is 8.42 Å². The molecule has 1 aromatic carbocycles. The first-order valence-electron chi connectivity index (χ1n) is 6.21. The molecular weight excluding hydrogens is 284 g/mol. The van der Waals surface area contributed by atoms with Crippen molar-refractivity contribution < 1.29 is 18.1 Å². The molecule has 2 rings (SSSR count). The molecule has 110 valence electrons. The highest BCUT2D eigenvalue weighted by Gasteiger charge is 2.25. The summed E-state index contributed by atoms with van der Waals surface area (Å²) in [7, 11) is -1.57. The van der Waals surface area contributed by atoms with Crippen molar-refractivity contribution in [3.05, 3.63) is 28.3 Å². The molecule has 0 saturated carbocycles. The quantitative estimate of drug-likeness (QED) is 0.669.